The Kier molecular flexibility index (Phi) is 4.36. The second kappa shape index (κ2) is 6.00. The zero-order valence-electron chi connectivity index (χ0n) is 10.4. The molecule has 1 N–H and O–H groups in total. The molecule has 94 valence electrons. The van der Waals surface area contributed by atoms with E-state index in [-0.39, 0.29) is 0 Å². The highest BCUT2D eigenvalue weighted by molar-refractivity contribution is 7.97. The van der Waals surface area contributed by atoms with Crippen LogP contribution in [-0.4, -0.2) is 28.5 Å². The van der Waals surface area contributed by atoms with E-state index in [9.17, 15) is 5.11 Å². The number of pyridine rings is 1. The van der Waals surface area contributed by atoms with E-state index in [2.05, 4.69) is 4.98 Å². The van der Waals surface area contributed by atoms with E-state index in [0.29, 0.717) is 5.69 Å². The molecule has 0 aliphatic carbocycles. The van der Waals surface area contributed by atoms with Gasteiger partial charge in [0, 0.05) is 16.7 Å². The first kappa shape index (κ1) is 13.1. The molecule has 1 aromatic carbocycles. The normalized spacial score (nSPS) is 12.7. The van der Waals surface area contributed by atoms with Crippen molar-refractivity contribution in [2.45, 2.75) is 11.0 Å². The van der Waals surface area contributed by atoms with Crippen molar-refractivity contribution in [2.75, 3.05) is 14.1 Å². The summed E-state index contributed by atoms with van der Waals surface area (Å²) < 4.78 is 2.00. The molecule has 0 spiro atoms. The summed E-state index contributed by atoms with van der Waals surface area (Å²) in [6, 6.07) is 13.4. The van der Waals surface area contributed by atoms with Crippen LogP contribution < -0.4 is 0 Å². The molecule has 4 heteroatoms. The fraction of sp³-hybridized carbons (Fsp3) is 0.214. The summed E-state index contributed by atoms with van der Waals surface area (Å²) in [7, 11) is 3.96. The average molecular weight is 260 g/mol. The van der Waals surface area contributed by atoms with Crippen molar-refractivity contribution < 1.29 is 5.11 Å². The molecular formula is C14H16N2OS. The molecule has 0 fully saturated rings. The predicted molar refractivity (Wildman–Crippen MR) is 74.3 cm³/mol. The Morgan fingerprint density at radius 3 is 2.50 bits per heavy atom. The summed E-state index contributed by atoms with van der Waals surface area (Å²) in [5.41, 5.74) is 1.55. The third kappa shape index (κ3) is 3.10. The van der Waals surface area contributed by atoms with Crippen molar-refractivity contribution in [3.8, 4) is 0 Å². The third-order valence-electron chi connectivity index (χ3n) is 2.46. The molecule has 0 saturated carbocycles. The van der Waals surface area contributed by atoms with Gasteiger partial charge in [0.15, 0.2) is 0 Å². The minimum atomic E-state index is -0.685. The quantitative estimate of drug-likeness (QED) is 0.858. The molecular weight excluding hydrogens is 244 g/mol. The first-order valence-corrected chi connectivity index (χ1v) is 6.49. The maximum absolute atomic E-state index is 10.4. The lowest BCUT2D eigenvalue weighted by atomic mass is 10.1. The maximum Gasteiger partial charge on any atom is 0.122 e. The Labute approximate surface area is 112 Å². The van der Waals surface area contributed by atoms with E-state index < -0.39 is 6.10 Å². The molecule has 0 bridgehead atoms. The lowest BCUT2D eigenvalue weighted by Crippen LogP contribution is -2.06. The molecule has 2 aromatic rings. The minimum absolute atomic E-state index is 0.671. The van der Waals surface area contributed by atoms with Crippen molar-refractivity contribution in [1.82, 2.24) is 9.29 Å². The fourth-order valence-corrected chi connectivity index (χ4v) is 2.50. The molecule has 3 nitrogen and oxygen atoms in total. The Balaban J connectivity index is 2.33. The zero-order chi connectivity index (χ0) is 13.0. The van der Waals surface area contributed by atoms with E-state index in [1.54, 1.807) is 18.1 Å². The monoisotopic (exact) mass is 260 g/mol. The van der Waals surface area contributed by atoms with Gasteiger partial charge in [-0.1, -0.05) is 24.3 Å². The van der Waals surface area contributed by atoms with Gasteiger partial charge < -0.3 is 5.11 Å². The van der Waals surface area contributed by atoms with Crippen LogP contribution >= 0.6 is 11.9 Å². The van der Waals surface area contributed by atoms with E-state index >= 15 is 0 Å². The molecule has 1 heterocycles. The van der Waals surface area contributed by atoms with E-state index in [0.717, 1.165) is 10.5 Å². The van der Waals surface area contributed by atoms with E-state index in [4.69, 9.17) is 0 Å². The molecule has 2 rings (SSSR count). The van der Waals surface area contributed by atoms with Crippen LogP contribution in [0.3, 0.4) is 0 Å². The van der Waals surface area contributed by atoms with Gasteiger partial charge in [0.25, 0.3) is 0 Å². The summed E-state index contributed by atoms with van der Waals surface area (Å²) in [5, 5.41) is 10.4. The number of aliphatic hydroxyl groups excluding tert-OH is 1. The second-order valence-electron chi connectivity index (χ2n) is 4.10. The highest BCUT2D eigenvalue weighted by Crippen LogP contribution is 2.31. The molecule has 0 saturated heterocycles. The third-order valence-corrected chi connectivity index (χ3v) is 3.40. The molecule has 0 aliphatic heterocycles. The highest BCUT2D eigenvalue weighted by Gasteiger charge is 2.15. The van der Waals surface area contributed by atoms with Crippen LogP contribution in [0.15, 0.2) is 53.6 Å². The lowest BCUT2D eigenvalue weighted by Gasteiger charge is -2.16. The van der Waals surface area contributed by atoms with Gasteiger partial charge in [0.2, 0.25) is 0 Å². The number of aliphatic hydroxyl groups is 1. The van der Waals surface area contributed by atoms with Crippen molar-refractivity contribution in [2.24, 2.45) is 0 Å². The van der Waals surface area contributed by atoms with E-state index in [1.807, 2.05) is 60.9 Å². The maximum atomic E-state index is 10.4. The van der Waals surface area contributed by atoms with Gasteiger partial charge in [0.1, 0.15) is 6.10 Å². The highest BCUT2D eigenvalue weighted by atomic mass is 32.2. The number of hydrogen-bond acceptors (Lipinski definition) is 4. The Morgan fingerprint density at radius 2 is 1.83 bits per heavy atom. The van der Waals surface area contributed by atoms with Gasteiger partial charge >= 0.3 is 0 Å². The molecule has 1 aromatic heterocycles. The first-order valence-electron chi connectivity index (χ1n) is 5.71. The number of nitrogens with zero attached hydrogens (tertiary/aromatic N) is 2. The van der Waals surface area contributed by atoms with Crippen LogP contribution in [0.2, 0.25) is 0 Å². The summed E-state index contributed by atoms with van der Waals surface area (Å²) in [6.45, 7) is 0. The summed E-state index contributed by atoms with van der Waals surface area (Å²) >= 11 is 1.59. The first-order chi connectivity index (χ1) is 8.68. The van der Waals surface area contributed by atoms with Gasteiger partial charge in [-0.15, -0.1) is 0 Å². The van der Waals surface area contributed by atoms with Crippen molar-refractivity contribution >= 4 is 11.9 Å². The molecule has 1 atom stereocenters. The Morgan fingerprint density at radius 1 is 1.11 bits per heavy atom. The molecule has 18 heavy (non-hydrogen) atoms. The summed E-state index contributed by atoms with van der Waals surface area (Å²) in [5.74, 6) is 0. The van der Waals surface area contributed by atoms with E-state index in [1.165, 1.54) is 0 Å². The van der Waals surface area contributed by atoms with Crippen molar-refractivity contribution in [3.63, 3.8) is 0 Å². The largest absolute Gasteiger partial charge is 0.382 e. The molecule has 0 amide bonds. The van der Waals surface area contributed by atoms with Crippen LogP contribution in [0.4, 0.5) is 0 Å². The molecule has 0 aliphatic rings. The van der Waals surface area contributed by atoms with Gasteiger partial charge in [-0.3, -0.25) is 9.29 Å². The zero-order valence-corrected chi connectivity index (χ0v) is 11.3. The van der Waals surface area contributed by atoms with Crippen LogP contribution in [-0.2, 0) is 0 Å². The SMILES string of the molecule is CN(C)Sc1ccccc1C(O)c1ccccn1. The average Bonchev–Trinajstić information content (AvgIpc) is 2.39. The van der Waals surface area contributed by atoms with Crippen molar-refractivity contribution in [1.29, 1.82) is 0 Å². The number of hydrogen-bond donors (Lipinski definition) is 1. The Bertz CT molecular complexity index is 502. The predicted octanol–water partition coefficient (Wildman–Crippen LogP) is 2.73. The fourth-order valence-electron chi connectivity index (χ4n) is 1.68. The smallest absolute Gasteiger partial charge is 0.122 e. The number of benzene rings is 1. The molecule has 1 unspecified atom stereocenters. The van der Waals surface area contributed by atoms with Crippen LogP contribution in [0.25, 0.3) is 0 Å². The molecule has 0 radical (unpaired) electrons. The van der Waals surface area contributed by atoms with Crippen LogP contribution in [0.1, 0.15) is 17.4 Å². The number of rotatable bonds is 4. The van der Waals surface area contributed by atoms with Gasteiger partial charge in [-0.05, 0) is 44.2 Å². The lowest BCUT2D eigenvalue weighted by molar-refractivity contribution is 0.212. The van der Waals surface area contributed by atoms with Crippen LogP contribution in [0.5, 0.6) is 0 Å². The topological polar surface area (TPSA) is 36.4 Å². The standard InChI is InChI=1S/C14H16N2OS/c1-16(2)18-13-9-4-3-7-11(13)14(17)12-8-5-6-10-15-12/h3-10,14,17H,1-2H3. The minimum Gasteiger partial charge on any atom is -0.382 e. The van der Waals surface area contributed by atoms with Crippen LogP contribution in [0, 0.1) is 0 Å². The Hall–Kier alpha value is -1.36. The summed E-state index contributed by atoms with van der Waals surface area (Å²) in [6.07, 6.45) is 1.01. The summed E-state index contributed by atoms with van der Waals surface area (Å²) in [4.78, 5) is 5.24. The van der Waals surface area contributed by atoms with Gasteiger partial charge in [-0.2, -0.15) is 0 Å². The van der Waals surface area contributed by atoms with Gasteiger partial charge in [0.05, 0.1) is 5.69 Å². The van der Waals surface area contributed by atoms with Crippen molar-refractivity contribution in [3.05, 3.63) is 59.9 Å². The number of aromatic nitrogens is 1. The van der Waals surface area contributed by atoms with Gasteiger partial charge in [-0.25, -0.2) is 0 Å². The second-order valence-corrected chi connectivity index (χ2v) is 5.45.